The van der Waals surface area contributed by atoms with Crippen LogP contribution >= 0.6 is 11.3 Å². The standard InChI is InChI=1S/C19H23N5O2S/c1-12-11-15(21-18(26)19(2,3)4)27-16(12)17(25)20-9-8-14-23-22-13-7-5-6-10-24(13)14/h5-7,10-11H,8-9H2,1-4H3,(H,20,25)(H,21,26). The molecule has 142 valence electrons. The Balaban J connectivity index is 1.60. The third kappa shape index (κ3) is 4.33. The van der Waals surface area contributed by atoms with Crippen molar-refractivity contribution in [1.82, 2.24) is 19.9 Å². The van der Waals surface area contributed by atoms with Crippen molar-refractivity contribution in [2.75, 3.05) is 11.9 Å². The van der Waals surface area contributed by atoms with Crippen LogP contribution in [-0.2, 0) is 11.2 Å². The lowest BCUT2D eigenvalue weighted by Gasteiger charge is -2.16. The molecule has 0 bridgehead atoms. The molecule has 0 saturated carbocycles. The maximum absolute atomic E-state index is 12.5. The van der Waals surface area contributed by atoms with E-state index in [1.807, 2.05) is 62.6 Å². The minimum Gasteiger partial charge on any atom is -0.351 e. The summed E-state index contributed by atoms with van der Waals surface area (Å²) in [5, 5.41) is 14.7. The van der Waals surface area contributed by atoms with E-state index in [0.29, 0.717) is 22.8 Å². The Morgan fingerprint density at radius 1 is 1.22 bits per heavy atom. The van der Waals surface area contributed by atoms with E-state index in [1.165, 1.54) is 11.3 Å². The quantitative estimate of drug-likeness (QED) is 0.706. The van der Waals surface area contributed by atoms with Crippen molar-refractivity contribution in [2.24, 2.45) is 5.41 Å². The Morgan fingerprint density at radius 3 is 2.74 bits per heavy atom. The molecule has 8 heteroatoms. The number of rotatable bonds is 5. The number of carbonyl (C=O) groups excluding carboxylic acids is 2. The van der Waals surface area contributed by atoms with Gasteiger partial charge in [-0.15, -0.1) is 21.5 Å². The molecule has 0 aliphatic heterocycles. The molecule has 0 saturated heterocycles. The zero-order valence-corrected chi connectivity index (χ0v) is 16.7. The van der Waals surface area contributed by atoms with Gasteiger partial charge in [0.2, 0.25) is 5.91 Å². The summed E-state index contributed by atoms with van der Waals surface area (Å²) in [7, 11) is 0. The summed E-state index contributed by atoms with van der Waals surface area (Å²) in [4.78, 5) is 25.2. The summed E-state index contributed by atoms with van der Waals surface area (Å²) in [5.41, 5.74) is 1.14. The molecule has 0 fully saturated rings. The summed E-state index contributed by atoms with van der Waals surface area (Å²) in [6.45, 7) is 7.87. The first-order valence-corrected chi connectivity index (χ1v) is 9.56. The fourth-order valence-corrected chi connectivity index (χ4v) is 3.48. The van der Waals surface area contributed by atoms with Crippen molar-refractivity contribution in [3.8, 4) is 0 Å². The number of hydrogen-bond donors (Lipinski definition) is 2. The number of anilines is 1. The molecule has 2 amide bonds. The van der Waals surface area contributed by atoms with Gasteiger partial charge in [0, 0.05) is 24.6 Å². The minimum atomic E-state index is -0.485. The van der Waals surface area contributed by atoms with Gasteiger partial charge in [0.25, 0.3) is 5.91 Å². The minimum absolute atomic E-state index is 0.0746. The molecular formula is C19H23N5O2S. The fraction of sp³-hybridized carbons (Fsp3) is 0.368. The van der Waals surface area contributed by atoms with Gasteiger partial charge in [0.1, 0.15) is 5.82 Å². The number of thiophene rings is 1. The molecule has 3 aromatic heterocycles. The van der Waals surface area contributed by atoms with Crippen LogP contribution in [0.5, 0.6) is 0 Å². The van der Waals surface area contributed by atoms with E-state index in [9.17, 15) is 9.59 Å². The van der Waals surface area contributed by atoms with E-state index in [0.717, 1.165) is 17.0 Å². The summed E-state index contributed by atoms with van der Waals surface area (Å²) < 4.78 is 1.91. The number of carbonyl (C=O) groups is 2. The van der Waals surface area contributed by atoms with Crippen LogP contribution in [0.2, 0.25) is 0 Å². The van der Waals surface area contributed by atoms with Gasteiger partial charge in [-0.1, -0.05) is 26.8 Å². The molecule has 2 N–H and O–H groups in total. The Labute approximate surface area is 161 Å². The van der Waals surface area contributed by atoms with Gasteiger partial charge in [-0.05, 0) is 30.7 Å². The first kappa shape index (κ1) is 19.0. The largest absolute Gasteiger partial charge is 0.351 e. The van der Waals surface area contributed by atoms with Gasteiger partial charge in [0.15, 0.2) is 5.65 Å². The van der Waals surface area contributed by atoms with Crippen molar-refractivity contribution in [2.45, 2.75) is 34.1 Å². The van der Waals surface area contributed by atoms with Crippen LogP contribution in [0.15, 0.2) is 30.5 Å². The van der Waals surface area contributed by atoms with Crippen LogP contribution < -0.4 is 10.6 Å². The van der Waals surface area contributed by atoms with Crippen LogP contribution in [0.1, 0.15) is 41.8 Å². The van der Waals surface area contributed by atoms with Gasteiger partial charge < -0.3 is 10.6 Å². The Hall–Kier alpha value is -2.74. The second-order valence-electron chi connectivity index (χ2n) is 7.38. The Bertz CT molecular complexity index is 984. The number of amides is 2. The highest BCUT2D eigenvalue weighted by molar-refractivity contribution is 7.18. The van der Waals surface area contributed by atoms with Crippen molar-refractivity contribution in [3.63, 3.8) is 0 Å². The normalized spacial score (nSPS) is 11.6. The van der Waals surface area contributed by atoms with Crippen LogP contribution in [0.25, 0.3) is 5.65 Å². The monoisotopic (exact) mass is 385 g/mol. The summed E-state index contributed by atoms with van der Waals surface area (Å²) >= 11 is 1.29. The molecule has 0 radical (unpaired) electrons. The lowest BCUT2D eigenvalue weighted by molar-refractivity contribution is -0.123. The molecule has 3 aromatic rings. The average Bonchev–Trinajstić information content (AvgIpc) is 3.18. The third-order valence-corrected chi connectivity index (χ3v) is 5.21. The second kappa shape index (κ2) is 7.48. The number of fused-ring (bicyclic) bond motifs is 1. The maximum Gasteiger partial charge on any atom is 0.261 e. The maximum atomic E-state index is 12.5. The lowest BCUT2D eigenvalue weighted by atomic mass is 9.96. The average molecular weight is 385 g/mol. The molecule has 0 spiro atoms. The molecule has 0 aliphatic carbocycles. The Kier molecular flexibility index (Phi) is 5.27. The molecule has 7 nitrogen and oxygen atoms in total. The van der Waals surface area contributed by atoms with Crippen LogP contribution in [0.3, 0.4) is 0 Å². The lowest BCUT2D eigenvalue weighted by Crippen LogP contribution is -2.27. The number of aromatic nitrogens is 3. The molecule has 27 heavy (non-hydrogen) atoms. The van der Waals surface area contributed by atoms with E-state index in [1.54, 1.807) is 0 Å². The van der Waals surface area contributed by atoms with Gasteiger partial charge in [0.05, 0.1) is 9.88 Å². The van der Waals surface area contributed by atoms with Gasteiger partial charge in [-0.2, -0.15) is 0 Å². The predicted octanol–water partition coefficient (Wildman–Crippen LogP) is 3.06. The second-order valence-corrected chi connectivity index (χ2v) is 8.43. The number of nitrogens with one attached hydrogen (secondary N) is 2. The van der Waals surface area contributed by atoms with E-state index in [2.05, 4.69) is 20.8 Å². The van der Waals surface area contributed by atoms with Crippen molar-refractivity contribution >= 4 is 33.8 Å². The first-order chi connectivity index (χ1) is 12.8. The molecule has 3 rings (SSSR count). The van der Waals surface area contributed by atoms with Crippen molar-refractivity contribution < 1.29 is 9.59 Å². The van der Waals surface area contributed by atoms with E-state index in [4.69, 9.17) is 0 Å². The molecule has 0 atom stereocenters. The number of hydrogen-bond acceptors (Lipinski definition) is 5. The predicted molar refractivity (Wildman–Crippen MR) is 106 cm³/mol. The Morgan fingerprint density at radius 2 is 2.00 bits per heavy atom. The number of nitrogens with zero attached hydrogens (tertiary/aromatic N) is 3. The molecule has 0 aromatic carbocycles. The van der Waals surface area contributed by atoms with E-state index in [-0.39, 0.29) is 11.8 Å². The summed E-state index contributed by atoms with van der Waals surface area (Å²) in [5.74, 6) is 0.573. The highest BCUT2D eigenvalue weighted by atomic mass is 32.1. The summed E-state index contributed by atoms with van der Waals surface area (Å²) in [6, 6.07) is 7.54. The van der Waals surface area contributed by atoms with Crippen LogP contribution in [0, 0.1) is 12.3 Å². The van der Waals surface area contributed by atoms with Crippen molar-refractivity contribution in [3.05, 3.63) is 46.7 Å². The van der Waals surface area contributed by atoms with Crippen LogP contribution in [0.4, 0.5) is 5.00 Å². The van der Waals surface area contributed by atoms with Crippen LogP contribution in [-0.4, -0.2) is 33.0 Å². The summed E-state index contributed by atoms with van der Waals surface area (Å²) in [6.07, 6.45) is 2.48. The van der Waals surface area contributed by atoms with Gasteiger partial charge in [-0.25, -0.2) is 0 Å². The SMILES string of the molecule is Cc1cc(NC(=O)C(C)(C)C)sc1C(=O)NCCc1nnc2ccccn12. The van der Waals surface area contributed by atoms with Crippen molar-refractivity contribution in [1.29, 1.82) is 0 Å². The topological polar surface area (TPSA) is 88.4 Å². The highest BCUT2D eigenvalue weighted by Crippen LogP contribution is 2.28. The zero-order chi connectivity index (χ0) is 19.6. The van der Waals surface area contributed by atoms with Gasteiger partial charge >= 0.3 is 0 Å². The van der Waals surface area contributed by atoms with E-state index < -0.39 is 5.41 Å². The number of aryl methyl sites for hydroxylation is 1. The smallest absolute Gasteiger partial charge is 0.261 e. The van der Waals surface area contributed by atoms with Gasteiger partial charge in [-0.3, -0.25) is 14.0 Å². The fourth-order valence-electron chi connectivity index (χ4n) is 2.50. The van der Waals surface area contributed by atoms with E-state index >= 15 is 0 Å². The molecule has 3 heterocycles. The first-order valence-electron chi connectivity index (χ1n) is 8.74. The third-order valence-electron chi connectivity index (χ3n) is 4.06. The molecule has 0 aliphatic rings. The number of pyridine rings is 1. The molecule has 0 unspecified atom stereocenters. The zero-order valence-electron chi connectivity index (χ0n) is 15.9. The highest BCUT2D eigenvalue weighted by Gasteiger charge is 2.23. The molecular weight excluding hydrogens is 362 g/mol.